The highest BCUT2D eigenvalue weighted by molar-refractivity contribution is 7.84. The molecule has 1 aliphatic heterocycles. The van der Waals surface area contributed by atoms with Crippen LogP contribution in [-0.2, 0) is 22.1 Å². The summed E-state index contributed by atoms with van der Waals surface area (Å²) in [6.45, 7) is 3.39. The smallest absolute Gasteiger partial charge is 0.262 e. The summed E-state index contributed by atoms with van der Waals surface area (Å²) in [6.07, 6.45) is 1.71. The average molecular weight is 282 g/mol. The lowest BCUT2D eigenvalue weighted by molar-refractivity contribution is -0.118. The number of ether oxygens (including phenoxy) is 1. The fourth-order valence-corrected chi connectivity index (χ4v) is 2.13. The number of hydrogen-bond donors (Lipinski definition) is 2. The van der Waals surface area contributed by atoms with E-state index in [0.717, 1.165) is 5.56 Å². The summed E-state index contributed by atoms with van der Waals surface area (Å²) in [5, 5.41) is 6.16. The van der Waals surface area contributed by atoms with Crippen molar-refractivity contribution in [3.8, 4) is 5.75 Å². The molecule has 2 unspecified atom stereocenters. The van der Waals surface area contributed by atoms with Gasteiger partial charge in [0, 0.05) is 35.4 Å². The molecule has 1 heterocycles. The van der Waals surface area contributed by atoms with Crippen LogP contribution in [0.1, 0.15) is 12.5 Å². The van der Waals surface area contributed by atoms with Crippen molar-refractivity contribution in [3.05, 3.63) is 23.8 Å². The van der Waals surface area contributed by atoms with E-state index in [1.807, 2.05) is 25.1 Å². The van der Waals surface area contributed by atoms with Crippen molar-refractivity contribution < 1.29 is 13.7 Å². The molecule has 0 fully saturated rings. The quantitative estimate of drug-likeness (QED) is 0.841. The predicted molar refractivity (Wildman–Crippen MR) is 75.8 cm³/mol. The van der Waals surface area contributed by atoms with Crippen LogP contribution >= 0.6 is 0 Å². The molecule has 1 aromatic carbocycles. The zero-order chi connectivity index (χ0) is 13.8. The van der Waals surface area contributed by atoms with Crippen LogP contribution in [0.5, 0.6) is 5.75 Å². The number of rotatable bonds is 5. The molecule has 1 aliphatic rings. The fraction of sp³-hybridized carbons (Fsp3) is 0.462. The Balaban J connectivity index is 1.93. The van der Waals surface area contributed by atoms with Gasteiger partial charge in [0.25, 0.3) is 5.91 Å². The van der Waals surface area contributed by atoms with E-state index >= 15 is 0 Å². The van der Waals surface area contributed by atoms with E-state index in [0.29, 0.717) is 24.5 Å². The molecular formula is C13H18N2O3S. The molecule has 2 atom stereocenters. The summed E-state index contributed by atoms with van der Waals surface area (Å²) in [4.78, 5) is 11.2. The SMILES string of the molecule is CC(CNCc1ccc2c(c1)NC(=O)CO2)S(C)=O. The van der Waals surface area contributed by atoms with Gasteiger partial charge in [0.05, 0.1) is 5.69 Å². The summed E-state index contributed by atoms with van der Waals surface area (Å²) < 4.78 is 16.5. The third kappa shape index (κ3) is 3.78. The third-order valence-electron chi connectivity index (χ3n) is 3.00. The number of nitrogens with one attached hydrogen (secondary N) is 2. The predicted octanol–water partition coefficient (Wildman–Crippen LogP) is 0.874. The number of carbonyl (C=O) groups excluding carboxylic acids is 1. The molecule has 0 saturated carbocycles. The molecule has 104 valence electrons. The highest BCUT2D eigenvalue weighted by atomic mass is 32.2. The molecule has 5 nitrogen and oxygen atoms in total. The first-order chi connectivity index (χ1) is 9.06. The topological polar surface area (TPSA) is 67.4 Å². The molecule has 0 aromatic heterocycles. The molecule has 6 heteroatoms. The number of carbonyl (C=O) groups is 1. The Hall–Kier alpha value is -1.40. The van der Waals surface area contributed by atoms with Crippen LogP contribution in [0.15, 0.2) is 18.2 Å². The van der Waals surface area contributed by atoms with Gasteiger partial charge in [-0.25, -0.2) is 0 Å². The van der Waals surface area contributed by atoms with E-state index in [1.165, 1.54) is 0 Å². The number of benzene rings is 1. The number of fused-ring (bicyclic) bond motifs is 1. The van der Waals surface area contributed by atoms with Gasteiger partial charge in [-0.2, -0.15) is 0 Å². The van der Waals surface area contributed by atoms with Gasteiger partial charge in [0.15, 0.2) is 6.61 Å². The summed E-state index contributed by atoms with van der Waals surface area (Å²) in [5.41, 5.74) is 1.77. The van der Waals surface area contributed by atoms with Crippen LogP contribution in [0, 0.1) is 0 Å². The van der Waals surface area contributed by atoms with Gasteiger partial charge < -0.3 is 15.4 Å². The third-order valence-corrected chi connectivity index (χ3v) is 4.30. The number of amides is 1. The van der Waals surface area contributed by atoms with Gasteiger partial charge in [-0.05, 0) is 24.6 Å². The van der Waals surface area contributed by atoms with Crippen LogP contribution in [0.25, 0.3) is 0 Å². The summed E-state index contributed by atoms with van der Waals surface area (Å²) in [5.74, 6) is 0.569. The second-order valence-corrected chi connectivity index (χ2v) is 6.41. The lowest BCUT2D eigenvalue weighted by Crippen LogP contribution is -2.28. The molecule has 0 aliphatic carbocycles. The Morgan fingerprint density at radius 1 is 1.53 bits per heavy atom. The van der Waals surface area contributed by atoms with Crippen molar-refractivity contribution >= 4 is 22.4 Å². The first kappa shape index (κ1) is 14.0. The minimum atomic E-state index is -0.814. The Kier molecular flexibility index (Phi) is 4.55. The maximum Gasteiger partial charge on any atom is 0.262 e. The second kappa shape index (κ2) is 6.16. The first-order valence-electron chi connectivity index (χ1n) is 6.15. The Morgan fingerprint density at radius 2 is 2.32 bits per heavy atom. The van der Waals surface area contributed by atoms with Crippen molar-refractivity contribution in [1.29, 1.82) is 0 Å². The van der Waals surface area contributed by atoms with Gasteiger partial charge in [0.2, 0.25) is 0 Å². The molecule has 0 spiro atoms. The summed E-state index contributed by atoms with van der Waals surface area (Å²) in [6, 6.07) is 5.71. The highest BCUT2D eigenvalue weighted by Crippen LogP contribution is 2.28. The molecule has 2 rings (SSSR count). The van der Waals surface area contributed by atoms with Crippen molar-refractivity contribution in [1.82, 2.24) is 5.32 Å². The molecule has 0 bridgehead atoms. The molecule has 0 radical (unpaired) electrons. The standard InChI is InChI=1S/C13H18N2O3S/c1-9(19(2)17)6-14-7-10-3-4-12-11(5-10)15-13(16)8-18-12/h3-5,9,14H,6-8H2,1-2H3,(H,15,16). The summed E-state index contributed by atoms with van der Waals surface area (Å²) in [7, 11) is -0.814. The van der Waals surface area contributed by atoms with Crippen LogP contribution in [0.4, 0.5) is 5.69 Å². The molecule has 1 amide bonds. The van der Waals surface area contributed by atoms with Crippen LogP contribution < -0.4 is 15.4 Å². The lowest BCUT2D eigenvalue weighted by atomic mass is 10.1. The highest BCUT2D eigenvalue weighted by Gasteiger charge is 2.15. The van der Waals surface area contributed by atoms with E-state index in [2.05, 4.69) is 10.6 Å². The zero-order valence-electron chi connectivity index (χ0n) is 11.1. The minimum absolute atomic E-state index is 0.0738. The van der Waals surface area contributed by atoms with Crippen molar-refractivity contribution in [3.63, 3.8) is 0 Å². The van der Waals surface area contributed by atoms with E-state index in [1.54, 1.807) is 6.26 Å². The zero-order valence-corrected chi connectivity index (χ0v) is 11.9. The van der Waals surface area contributed by atoms with E-state index < -0.39 is 10.8 Å². The lowest BCUT2D eigenvalue weighted by Gasteiger charge is -2.18. The van der Waals surface area contributed by atoms with E-state index in [9.17, 15) is 9.00 Å². The van der Waals surface area contributed by atoms with Crippen molar-refractivity contribution in [2.45, 2.75) is 18.7 Å². The Labute approximate surface area is 115 Å². The number of hydrogen-bond acceptors (Lipinski definition) is 4. The molecule has 0 saturated heterocycles. The number of anilines is 1. The largest absolute Gasteiger partial charge is 0.482 e. The van der Waals surface area contributed by atoms with Crippen LogP contribution in [0.3, 0.4) is 0 Å². The fourth-order valence-electron chi connectivity index (χ4n) is 1.78. The maximum absolute atomic E-state index is 11.2. The van der Waals surface area contributed by atoms with E-state index in [4.69, 9.17) is 4.74 Å². The van der Waals surface area contributed by atoms with Gasteiger partial charge in [-0.1, -0.05) is 6.07 Å². The van der Waals surface area contributed by atoms with E-state index in [-0.39, 0.29) is 17.8 Å². The minimum Gasteiger partial charge on any atom is -0.482 e. The van der Waals surface area contributed by atoms with Gasteiger partial charge in [0.1, 0.15) is 5.75 Å². The summed E-state index contributed by atoms with van der Waals surface area (Å²) >= 11 is 0. The van der Waals surface area contributed by atoms with Crippen molar-refractivity contribution in [2.75, 3.05) is 24.7 Å². The van der Waals surface area contributed by atoms with Gasteiger partial charge in [-0.3, -0.25) is 9.00 Å². The maximum atomic E-state index is 11.2. The normalized spacial score (nSPS) is 17.1. The van der Waals surface area contributed by atoms with Gasteiger partial charge >= 0.3 is 0 Å². The first-order valence-corrected chi connectivity index (χ1v) is 7.77. The van der Waals surface area contributed by atoms with Crippen LogP contribution in [0.2, 0.25) is 0 Å². The Bertz CT molecular complexity index is 505. The molecular weight excluding hydrogens is 264 g/mol. The molecule has 1 aromatic rings. The van der Waals surface area contributed by atoms with Crippen molar-refractivity contribution in [2.24, 2.45) is 0 Å². The molecule has 2 N–H and O–H groups in total. The average Bonchev–Trinajstić information content (AvgIpc) is 2.38. The van der Waals surface area contributed by atoms with Gasteiger partial charge in [-0.15, -0.1) is 0 Å². The monoisotopic (exact) mass is 282 g/mol. The Morgan fingerprint density at radius 3 is 3.05 bits per heavy atom. The molecule has 19 heavy (non-hydrogen) atoms. The second-order valence-electron chi connectivity index (χ2n) is 4.61. The van der Waals surface area contributed by atoms with Crippen LogP contribution in [-0.4, -0.2) is 34.8 Å².